The molecule has 11 heteroatoms. The number of aromatic nitrogens is 3. The van der Waals surface area contributed by atoms with Crippen LogP contribution in [0.4, 0.5) is 13.2 Å². The molecule has 1 aromatic heterocycles. The second kappa shape index (κ2) is 10.7. The molecule has 7 nitrogen and oxygen atoms in total. The maximum absolute atomic E-state index is 13.8. The fraction of sp³-hybridized carbons (Fsp3) is 0.619. The highest BCUT2D eigenvalue weighted by Gasteiger charge is 2.29. The van der Waals surface area contributed by atoms with Crippen LogP contribution in [0.1, 0.15) is 56.5 Å². The number of halogens is 3. The van der Waals surface area contributed by atoms with E-state index in [1.807, 2.05) is 11.5 Å². The smallest absolute Gasteiger partial charge is 0.269 e. The normalized spacial score (nSPS) is 21.3. The van der Waals surface area contributed by atoms with Crippen molar-refractivity contribution in [3.63, 3.8) is 0 Å². The summed E-state index contributed by atoms with van der Waals surface area (Å²) < 4.78 is 75.4. The maximum Gasteiger partial charge on any atom is 0.269 e. The molecule has 1 N–H and O–H groups in total. The Morgan fingerprint density at radius 1 is 1.31 bits per heavy atom. The average molecular weight is 475 g/mol. The summed E-state index contributed by atoms with van der Waals surface area (Å²) in [6, 6.07) is 3.87. The van der Waals surface area contributed by atoms with E-state index >= 15 is 0 Å². The molecule has 32 heavy (non-hydrogen) atoms. The number of nitrogens with zero attached hydrogens (tertiary/aromatic N) is 3. The lowest BCUT2D eigenvalue weighted by atomic mass is 9.91. The van der Waals surface area contributed by atoms with Crippen LogP contribution < -0.4 is 9.46 Å². The molecule has 1 aromatic carbocycles. The van der Waals surface area contributed by atoms with Crippen LogP contribution in [-0.4, -0.2) is 48.4 Å². The molecule has 2 aromatic rings. The Balaban J connectivity index is 1.72. The van der Waals surface area contributed by atoms with Crippen molar-refractivity contribution in [2.45, 2.75) is 81.9 Å². The third kappa shape index (κ3) is 5.80. The lowest BCUT2D eigenvalue weighted by molar-refractivity contribution is -0.0112. The standard InChI is InChI=1S/C21H29F3N4O3S/c1-3-15-11-18(31-21(24)19(23)9-10-22)7-8-20(15)32(29,30)27-16-5-4-6-17(12-16)28-13-25-26-14(28)2/h7-8,11,13,16-17,19,21,27H,3-6,9-10,12H2,1-2H3/t16-,17+,19?,21?/m0/s1. The number of aryl methyl sites for hydroxylation is 2. The van der Waals surface area contributed by atoms with Gasteiger partial charge >= 0.3 is 0 Å². The number of ether oxygens (including phenoxy) is 1. The maximum atomic E-state index is 13.8. The summed E-state index contributed by atoms with van der Waals surface area (Å²) in [5.41, 5.74) is 0.421. The first-order chi connectivity index (χ1) is 15.2. The summed E-state index contributed by atoms with van der Waals surface area (Å²) >= 11 is 0. The summed E-state index contributed by atoms with van der Waals surface area (Å²) in [7, 11) is -3.84. The van der Waals surface area contributed by atoms with Gasteiger partial charge in [-0.1, -0.05) is 6.92 Å². The fourth-order valence-corrected chi connectivity index (χ4v) is 5.65. The minimum atomic E-state index is -3.84. The highest BCUT2D eigenvalue weighted by molar-refractivity contribution is 7.89. The van der Waals surface area contributed by atoms with E-state index in [9.17, 15) is 21.6 Å². The predicted octanol–water partition coefficient (Wildman–Crippen LogP) is 3.98. The average Bonchev–Trinajstić information content (AvgIpc) is 3.19. The summed E-state index contributed by atoms with van der Waals surface area (Å²) in [5, 5.41) is 7.92. The van der Waals surface area contributed by atoms with Crippen molar-refractivity contribution < 1.29 is 26.3 Å². The molecule has 0 amide bonds. The zero-order valence-electron chi connectivity index (χ0n) is 18.2. The lowest BCUT2D eigenvalue weighted by Gasteiger charge is -2.30. The zero-order chi connectivity index (χ0) is 23.3. The van der Waals surface area contributed by atoms with Crippen molar-refractivity contribution in [2.24, 2.45) is 0 Å². The molecule has 0 aliphatic heterocycles. The van der Waals surface area contributed by atoms with Crippen LogP contribution in [0.3, 0.4) is 0 Å². The summed E-state index contributed by atoms with van der Waals surface area (Å²) in [6.07, 6.45) is 0.122. The molecule has 1 saturated carbocycles. The minimum Gasteiger partial charge on any atom is -0.457 e. The molecule has 2 unspecified atom stereocenters. The van der Waals surface area contributed by atoms with E-state index in [2.05, 4.69) is 14.9 Å². The van der Waals surface area contributed by atoms with Gasteiger partial charge < -0.3 is 9.30 Å². The van der Waals surface area contributed by atoms with Crippen LogP contribution in [0.15, 0.2) is 29.4 Å². The molecule has 1 aliphatic rings. The van der Waals surface area contributed by atoms with Crippen molar-refractivity contribution in [3.05, 3.63) is 35.9 Å². The van der Waals surface area contributed by atoms with Gasteiger partial charge in [-0.3, -0.25) is 4.39 Å². The highest BCUT2D eigenvalue weighted by Crippen LogP contribution is 2.31. The van der Waals surface area contributed by atoms with Crippen molar-refractivity contribution in [3.8, 4) is 5.75 Å². The molecule has 0 saturated heterocycles. The minimum absolute atomic E-state index is 0.00405. The molecule has 0 bridgehead atoms. The van der Waals surface area contributed by atoms with Gasteiger partial charge in [0.25, 0.3) is 6.36 Å². The van der Waals surface area contributed by atoms with Crippen molar-refractivity contribution >= 4 is 10.0 Å². The van der Waals surface area contributed by atoms with E-state index in [1.54, 1.807) is 13.3 Å². The van der Waals surface area contributed by atoms with E-state index < -0.39 is 35.6 Å². The van der Waals surface area contributed by atoms with Gasteiger partial charge in [-0.2, -0.15) is 4.39 Å². The number of nitrogens with one attached hydrogen (secondary N) is 1. The SMILES string of the molecule is CCc1cc(OC(F)C(F)CCF)ccc1S(=O)(=O)N[C@H]1CCC[C@@H](n2cnnc2C)C1. The Bertz CT molecular complexity index is 1000. The van der Waals surface area contributed by atoms with Gasteiger partial charge in [0.05, 0.1) is 11.6 Å². The largest absolute Gasteiger partial charge is 0.457 e. The van der Waals surface area contributed by atoms with Crippen molar-refractivity contribution in [1.82, 2.24) is 19.5 Å². The predicted molar refractivity (Wildman–Crippen MR) is 113 cm³/mol. The Kier molecular flexibility index (Phi) is 8.16. The van der Waals surface area contributed by atoms with Crippen LogP contribution in [0.5, 0.6) is 5.75 Å². The Hall–Kier alpha value is -2.14. The Morgan fingerprint density at radius 2 is 2.09 bits per heavy atom. The van der Waals surface area contributed by atoms with Crippen LogP contribution in [0.25, 0.3) is 0 Å². The fourth-order valence-electron chi connectivity index (χ4n) is 4.07. The van der Waals surface area contributed by atoms with Crippen molar-refractivity contribution in [2.75, 3.05) is 6.67 Å². The number of hydrogen-bond donors (Lipinski definition) is 1. The third-order valence-corrected chi connectivity index (χ3v) is 7.36. The van der Waals surface area contributed by atoms with Crippen LogP contribution in [0, 0.1) is 6.92 Å². The molecule has 4 atom stereocenters. The van der Waals surface area contributed by atoms with Gasteiger partial charge in [-0.25, -0.2) is 17.5 Å². The van der Waals surface area contributed by atoms with E-state index in [0.717, 1.165) is 25.1 Å². The second-order valence-electron chi connectivity index (χ2n) is 8.01. The van der Waals surface area contributed by atoms with Gasteiger partial charge in [-0.05, 0) is 62.8 Å². The van der Waals surface area contributed by atoms with Gasteiger partial charge in [0.15, 0.2) is 6.17 Å². The summed E-state index contributed by atoms with van der Waals surface area (Å²) in [5.74, 6) is 0.784. The first-order valence-electron chi connectivity index (χ1n) is 10.8. The summed E-state index contributed by atoms with van der Waals surface area (Å²) in [4.78, 5) is 0.0749. The topological polar surface area (TPSA) is 86.1 Å². The molecule has 0 radical (unpaired) electrons. The van der Waals surface area contributed by atoms with E-state index in [-0.39, 0.29) is 22.7 Å². The monoisotopic (exact) mass is 474 g/mol. The molecule has 1 fully saturated rings. The third-order valence-electron chi connectivity index (χ3n) is 5.73. The lowest BCUT2D eigenvalue weighted by Crippen LogP contribution is -2.39. The number of benzene rings is 1. The molecule has 3 rings (SSSR count). The van der Waals surface area contributed by atoms with E-state index in [0.29, 0.717) is 18.4 Å². The molecule has 0 spiro atoms. The van der Waals surface area contributed by atoms with Gasteiger partial charge in [0.1, 0.15) is 17.9 Å². The van der Waals surface area contributed by atoms with E-state index in [4.69, 9.17) is 4.74 Å². The number of hydrogen-bond acceptors (Lipinski definition) is 5. The summed E-state index contributed by atoms with van der Waals surface area (Å²) in [6.45, 7) is 2.63. The van der Waals surface area contributed by atoms with Crippen LogP contribution in [-0.2, 0) is 16.4 Å². The molecular weight excluding hydrogens is 445 g/mol. The Labute approximate surface area is 186 Å². The first-order valence-corrected chi connectivity index (χ1v) is 12.3. The number of alkyl halides is 3. The van der Waals surface area contributed by atoms with Crippen LogP contribution >= 0.6 is 0 Å². The highest BCUT2D eigenvalue weighted by atomic mass is 32.2. The zero-order valence-corrected chi connectivity index (χ0v) is 19.0. The molecule has 178 valence electrons. The molecular formula is C21H29F3N4O3S. The van der Waals surface area contributed by atoms with E-state index in [1.165, 1.54) is 18.2 Å². The van der Waals surface area contributed by atoms with Gasteiger partial charge in [-0.15, -0.1) is 10.2 Å². The Morgan fingerprint density at radius 3 is 2.75 bits per heavy atom. The second-order valence-corrected chi connectivity index (χ2v) is 9.69. The first kappa shape index (κ1) is 24.5. The molecule has 1 aliphatic carbocycles. The number of rotatable bonds is 10. The van der Waals surface area contributed by atoms with Gasteiger partial charge in [0, 0.05) is 18.5 Å². The molecule has 1 heterocycles. The van der Waals surface area contributed by atoms with Gasteiger partial charge in [0.2, 0.25) is 10.0 Å². The van der Waals surface area contributed by atoms with Crippen LogP contribution in [0.2, 0.25) is 0 Å². The van der Waals surface area contributed by atoms with Crippen molar-refractivity contribution in [1.29, 1.82) is 0 Å². The quantitative estimate of drug-likeness (QED) is 0.563. The number of sulfonamides is 1.